The zero-order valence-corrected chi connectivity index (χ0v) is 11.3. The first-order valence-corrected chi connectivity index (χ1v) is 6.25. The van der Waals surface area contributed by atoms with Crippen LogP contribution in [-0.4, -0.2) is 4.57 Å². The highest BCUT2D eigenvalue weighted by molar-refractivity contribution is 6.36. The van der Waals surface area contributed by atoms with Gasteiger partial charge in [-0.3, -0.25) is 4.79 Å². The van der Waals surface area contributed by atoms with Crippen molar-refractivity contribution in [2.75, 3.05) is 5.73 Å². The van der Waals surface area contributed by atoms with E-state index in [1.165, 1.54) is 0 Å². The summed E-state index contributed by atoms with van der Waals surface area (Å²) in [5.41, 5.74) is 7.14. The van der Waals surface area contributed by atoms with Gasteiger partial charge < -0.3 is 10.3 Å². The molecule has 0 aliphatic carbocycles. The van der Waals surface area contributed by atoms with Gasteiger partial charge in [0, 0.05) is 17.1 Å². The van der Waals surface area contributed by atoms with Crippen molar-refractivity contribution in [1.82, 2.24) is 4.57 Å². The molecule has 18 heavy (non-hydrogen) atoms. The van der Waals surface area contributed by atoms with Gasteiger partial charge in [-0.1, -0.05) is 23.2 Å². The van der Waals surface area contributed by atoms with E-state index in [4.69, 9.17) is 28.9 Å². The summed E-state index contributed by atoms with van der Waals surface area (Å²) in [6, 6.07) is 8.56. The number of pyridine rings is 1. The summed E-state index contributed by atoms with van der Waals surface area (Å²) < 4.78 is 1.59. The minimum absolute atomic E-state index is 0.207. The summed E-state index contributed by atoms with van der Waals surface area (Å²) in [4.78, 5) is 11.9. The van der Waals surface area contributed by atoms with Crippen LogP contribution >= 0.6 is 23.2 Å². The van der Waals surface area contributed by atoms with Gasteiger partial charge in [0.15, 0.2) is 0 Å². The van der Waals surface area contributed by atoms with E-state index in [1.54, 1.807) is 34.9 Å². The summed E-state index contributed by atoms with van der Waals surface area (Å²) in [6.45, 7) is 2.41. The van der Waals surface area contributed by atoms with Gasteiger partial charge in [0.2, 0.25) is 0 Å². The number of nitrogens with zero attached hydrogens (tertiary/aromatic N) is 1. The van der Waals surface area contributed by atoms with Gasteiger partial charge in [0.05, 0.1) is 16.4 Å². The maximum Gasteiger partial charge on any atom is 0.274 e. The molecule has 5 heteroatoms. The molecule has 0 radical (unpaired) electrons. The lowest BCUT2D eigenvalue weighted by atomic mass is 10.1. The standard InChI is InChI=1S/C13H12Cl2N2O/c1-2-17-12(6-5-11(16)13(17)18)9-4-3-8(14)7-10(9)15/h3-7H,2,16H2,1H3. The summed E-state index contributed by atoms with van der Waals surface area (Å²) in [6.07, 6.45) is 0. The van der Waals surface area contributed by atoms with E-state index < -0.39 is 0 Å². The molecule has 0 fully saturated rings. The van der Waals surface area contributed by atoms with E-state index in [0.29, 0.717) is 16.6 Å². The third kappa shape index (κ3) is 2.24. The lowest BCUT2D eigenvalue weighted by molar-refractivity contribution is 0.738. The van der Waals surface area contributed by atoms with E-state index in [1.807, 2.05) is 6.92 Å². The van der Waals surface area contributed by atoms with Crippen molar-refractivity contribution in [3.05, 3.63) is 50.7 Å². The van der Waals surface area contributed by atoms with Gasteiger partial charge in [-0.2, -0.15) is 0 Å². The Balaban J connectivity index is 2.71. The molecular weight excluding hydrogens is 271 g/mol. The molecule has 0 aliphatic heterocycles. The molecule has 94 valence electrons. The molecule has 2 rings (SSSR count). The smallest absolute Gasteiger partial charge is 0.274 e. The Hall–Kier alpha value is -1.45. The Bertz CT molecular complexity index is 650. The number of hydrogen-bond acceptors (Lipinski definition) is 2. The summed E-state index contributed by atoms with van der Waals surface area (Å²) >= 11 is 12.0. The predicted molar refractivity (Wildman–Crippen MR) is 76.2 cm³/mol. The Morgan fingerprint density at radius 1 is 1.22 bits per heavy atom. The number of benzene rings is 1. The van der Waals surface area contributed by atoms with Gasteiger partial charge in [0.25, 0.3) is 5.56 Å². The van der Waals surface area contributed by atoms with Gasteiger partial charge in [-0.25, -0.2) is 0 Å². The van der Waals surface area contributed by atoms with Crippen LogP contribution in [0.4, 0.5) is 5.69 Å². The first-order chi connectivity index (χ1) is 8.54. The van der Waals surface area contributed by atoms with Crippen molar-refractivity contribution in [3.8, 4) is 11.3 Å². The molecule has 1 heterocycles. The number of nitrogens with two attached hydrogens (primary N) is 1. The molecule has 3 nitrogen and oxygen atoms in total. The molecule has 0 saturated carbocycles. The van der Waals surface area contributed by atoms with Crippen LogP contribution in [0, 0.1) is 0 Å². The molecule has 0 amide bonds. The van der Waals surface area contributed by atoms with Crippen LogP contribution in [0.25, 0.3) is 11.3 Å². The number of rotatable bonds is 2. The number of aromatic nitrogens is 1. The van der Waals surface area contributed by atoms with Crippen LogP contribution in [0.1, 0.15) is 6.92 Å². The fourth-order valence-electron chi connectivity index (χ4n) is 1.84. The predicted octanol–water partition coefficient (Wildman–Crippen LogP) is 3.42. The Morgan fingerprint density at radius 3 is 2.56 bits per heavy atom. The molecule has 0 spiro atoms. The van der Waals surface area contributed by atoms with Crippen molar-refractivity contribution < 1.29 is 0 Å². The van der Waals surface area contributed by atoms with E-state index >= 15 is 0 Å². The third-order valence-electron chi connectivity index (χ3n) is 2.73. The van der Waals surface area contributed by atoms with E-state index in [2.05, 4.69) is 0 Å². The van der Waals surface area contributed by atoms with E-state index in [0.717, 1.165) is 11.3 Å². The Morgan fingerprint density at radius 2 is 1.94 bits per heavy atom. The average molecular weight is 283 g/mol. The van der Waals surface area contributed by atoms with Crippen molar-refractivity contribution >= 4 is 28.9 Å². The highest BCUT2D eigenvalue weighted by Gasteiger charge is 2.10. The maximum atomic E-state index is 11.9. The summed E-state index contributed by atoms with van der Waals surface area (Å²) in [7, 11) is 0. The summed E-state index contributed by atoms with van der Waals surface area (Å²) in [5, 5.41) is 1.07. The Labute approximate surface area is 115 Å². The second-order valence-electron chi connectivity index (χ2n) is 3.85. The maximum absolute atomic E-state index is 11.9. The largest absolute Gasteiger partial charge is 0.394 e. The first-order valence-electron chi connectivity index (χ1n) is 5.49. The molecule has 2 N–H and O–H groups in total. The highest BCUT2D eigenvalue weighted by Crippen LogP contribution is 2.29. The molecule has 0 saturated heterocycles. The highest BCUT2D eigenvalue weighted by atomic mass is 35.5. The molecule has 0 bridgehead atoms. The quantitative estimate of drug-likeness (QED) is 0.918. The number of nitrogen functional groups attached to an aromatic ring is 1. The molecule has 1 aromatic heterocycles. The lowest BCUT2D eigenvalue weighted by Gasteiger charge is -2.13. The lowest BCUT2D eigenvalue weighted by Crippen LogP contribution is -2.23. The molecular formula is C13H12Cl2N2O. The van der Waals surface area contributed by atoms with Crippen LogP contribution in [-0.2, 0) is 6.54 Å². The van der Waals surface area contributed by atoms with Crippen molar-refractivity contribution in [2.45, 2.75) is 13.5 Å². The summed E-state index contributed by atoms with van der Waals surface area (Å²) in [5.74, 6) is 0. The fourth-order valence-corrected chi connectivity index (χ4v) is 2.35. The van der Waals surface area contributed by atoms with Gasteiger partial charge >= 0.3 is 0 Å². The van der Waals surface area contributed by atoms with Crippen molar-refractivity contribution in [3.63, 3.8) is 0 Å². The van der Waals surface area contributed by atoms with Crippen molar-refractivity contribution in [2.24, 2.45) is 0 Å². The SMILES string of the molecule is CCn1c(-c2ccc(Cl)cc2Cl)ccc(N)c1=O. The van der Waals surface area contributed by atoms with Gasteiger partial charge in [-0.05, 0) is 37.3 Å². The third-order valence-corrected chi connectivity index (χ3v) is 3.27. The molecule has 0 atom stereocenters. The normalized spacial score (nSPS) is 10.6. The Kier molecular flexibility index (Phi) is 3.64. The van der Waals surface area contributed by atoms with Gasteiger partial charge in [-0.15, -0.1) is 0 Å². The fraction of sp³-hybridized carbons (Fsp3) is 0.154. The van der Waals surface area contributed by atoms with Gasteiger partial charge in [0.1, 0.15) is 0 Å². The number of hydrogen-bond donors (Lipinski definition) is 1. The van der Waals surface area contributed by atoms with Crippen molar-refractivity contribution in [1.29, 1.82) is 0 Å². The average Bonchev–Trinajstić information content (AvgIpc) is 2.33. The number of anilines is 1. The molecule has 0 aliphatic rings. The minimum atomic E-state index is -0.207. The van der Waals surface area contributed by atoms with Crippen LogP contribution < -0.4 is 11.3 Å². The zero-order chi connectivity index (χ0) is 13.3. The zero-order valence-electron chi connectivity index (χ0n) is 9.78. The molecule has 1 aromatic carbocycles. The van der Waals surface area contributed by atoms with Crippen LogP contribution in [0.15, 0.2) is 35.1 Å². The monoisotopic (exact) mass is 282 g/mol. The number of halogens is 2. The minimum Gasteiger partial charge on any atom is -0.394 e. The second-order valence-corrected chi connectivity index (χ2v) is 4.69. The topological polar surface area (TPSA) is 48.0 Å². The van der Waals surface area contributed by atoms with Crippen LogP contribution in [0.3, 0.4) is 0 Å². The van der Waals surface area contributed by atoms with Crippen LogP contribution in [0.2, 0.25) is 10.0 Å². The molecule has 2 aromatic rings. The van der Waals surface area contributed by atoms with E-state index in [9.17, 15) is 4.79 Å². The second kappa shape index (κ2) is 5.04. The molecule has 0 unspecified atom stereocenters. The van der Waals surface area contributed by atoms with Crippen LogP contribution in [0.5, 0.6) is 0 Å². The van der Waals surface area contributed by atoms with E-state index in [-0.39, 0.29) is 11.2 Å². The first kappa shape index (κ1) is 13.0.